The summed E-state index contributed by atoms with van der Waals surface area (Å²) in [6.45, 7) is 3.89. The Morgan fingerprint density at radius 3 is 2.74 bits per heavy atom. The first kappa shape index (κ1) is 21.5. The van der Waals surface area contributed by atoms with E-state index >= 15 is 8.78 Å². The quantitative estimate of drug-likeness (QED) is 0.353. The van der Waals surface area contributed by atoms with Crippen LogP contribution in [0.2, 0.25) is 5.15 Å². The van der Waals surface area contributed by atoms with E-state index in [0.717, 1.165) is 19.5 Å². The molecule has 2 aromatic carbocycles. The molecule has 1 unspecified atom stereocenters. The number of nitriles is 1. The average Bonchev–Trinajstić information content (AvgIpc) is 3.53. The summed E-state index contributed by atoms with van der Waals surface area (Å²) in [5.41, 5.74) is 7.34. The summed E-state index contributed by atoms with van der Waals surface area (Å²) < 4.78 is 38.0. The molecule has 1 fully saturated rings. The maximum absolute atomic E-state index is 16.4. The van der Waals surface area contributed by atoms with Crippen LogP contribution in [-0.4, -0.2) is 23.1 Å². The molecule has 34 heavy (non-hydrogen) atoms. The molecule has 0 aliphatic carbocycles. The second-order valence-electron chi connectivity index (χ2n) is 8.77. The third kappa shape index (κ3) is 2.99. The fraction of sp³-hybridized carbons (Fsp3) is 0.292. The average molecular weight is 498 g/mol. The van der Waals surface area contributed by atoms with E-state index in [-0.39, 0.29) is 45.6 Å². The first-order valence-electron chi connectivity index (χ1n) is 10.8. The van der Waals surface area contributed by atoms with Crippen molar-refractivity contribution in [1.29, 1.82) is 5.26 Å². The lowest BCUT2D eigenvalue weighted by molar-refractivity contribution is 0.135. The van der Waals surface area contributed by atoms with Gasteiger partial charge in [-0.25, -0.2) is 18.7 Å². The van der Waals surface area contributed by atoms with Gasteiger partial charge in [0.05, 0.1) is 18.8 Å². The van der Waals surface area contributed by atoms with Gasteiger partial charge in [-0.1, -0.05) is 18.5 Å². The van der Waals surface area contributed by atoms with Crippen LogP contribution in [0, 0.1) is 28.9 Å². The van der Waals surface area contributed by atoms with E-state index in [1.807, 2.05) is 4.90 Å². The van der Waals surface area contributed by atoms with Crippen molar-refractivity contribution in [2.45, 2.75) is 26.6 Å². The van der Waals surface area contributed by atoms with Gasteiger partial charge in [0.15, 0.2) is 5.82 Å². The molecular formula is C24H18ClF2N5OS. The number of nitrogen functional groups attached to an aromatic ring is 1. The van der Waals surface area contributed by atoms with Crippen LogP contribution in [0.5, 0.6) is 0 Å². The minimum atomic E-state index is -0.711. The predicted octanol–water partition coefficient (Wildman–Crippen LogP) is 5.77. The number of halogens is 3. The zero-order valence-corrected chi connectivity index (χ0v) is 19.7. The Hall–Kier alpha value is -3.06. The van der Waals surface area contributed by atoms with E-state index in [9.17, 15) is 5.26 Å². The molecule has 0 bridgehead atoms. The van der Waals surface area contributed by atoms with Crippen molar-refractivity contribution in [1.82, 2.24) is 9.97 Å². The molecule has 6 rings (SSSR count). The zero-order valence-electron chi connectivity index (χ0n) is 18.1. The monoisotopic (exact) mass is 497 g/mol. The highest BCUT2D eigenvalue weighted by Gasteiger charge is 2.32. The second kappa shape index (κ2) is 7.73. The fourth-order valence-corrected chi connectivity index (χ4v) is 6.24. The van der Waals surface area contributed by atoms with Crippen LogP contribution in [-0.2, 0) is 18.0 Å². The molecule has 1 atom stereocenters. The third-order valence-electron chi connectivity index (χ3n) is 6.64. The number of hydrogen-bond donors (Lipinski definition) is 1. The zero-order chi connectivity index (χ0) is 23.7. The summed E-state index contributed by atoms with van der Waals surface area (Å²) in [6, 6.07) is 4.87. The van der Waals surface area contributed by atoms with Crippen molar-refractivity contribution in [3.05, 3.63) is 45.6 Å². The van der Waals surface area contributed by atoms with Gasteiger partial charge in [-0.15, -0.1) is 11.3 Å². The topological polar surface area (TPSA) is 88.1 Å². The fourth-order valence-electron chi connectivity index (χ4n) is 5.03. The Morgan fingerprint density at radius 2 is 2.00 bits per heavy atom. The molecule has 2 N–H and O–H groups in total. The Balaban J connectivity index is 1.72. The summed E-state index contributed by atoms with van der Waals surface area (Å²) in [4.78, 5) is 11.0. The number of nitrogens with two attached hydrogens (primary N) is 1. The minimum Gasteiger partial charge on any atom is -0.389 e. The molecule has 6 nitrogen and oxygen atoms in total. The first-order valence-corrected chi connectivity index (χ1v) is 12.0. The smallest absolute Gasteiger partial charge is 0.227 e. The molecule has 0 spiro atoms. The van der Waals surface area contributed by atoms with Crippen LogP contribution in [0.4, 0.5) is 19.7 Å². The normalized spacial score (nSPS) is 17.6. The second-order valence-corrected chi connectivity index (χ2v) is 10.2. The van der Waals surface area contributed by atoms with Crippen molar-refractivity contribution >= 4 is 54.9 Å². The van der Waals surface area contributed by atoms with Crippen LogP contribution >= 0.6 is 22.9 Å². The highest BCUT2D eigenvalue weighted by atomic mass is 35.5. The van der Waals surface area contributed by atoms with E-state index < -0.39 is 11.6 Å². The van der Waals surface area contributed by atoms with Gasteiger partial charge >= 0.3 is 0 Å². The Labute approximate surface area is 202 Å². The van der Waals surface area contributed by atoms with Gasteiger partial charge < -0.3 is 15.4 Å². The van der Waals surface area contributed by atoms with E-state index in [2.05, 4.69) is 23.0 Å². The molecule has 10 heteroatoms. The highest BCUT2D eigenvalue weighted by molar-refractivity contribution is 7.23. The van der Waals surface area contributed by atoms with E-state index in [1.54, 1.807) is 6.07 Å². The molecule has 172 valence electrons. The minimum absolute atomic E-state index is 0.00534. The number of hydrogen-bond acceptors (Lipinski definition) is 7. The van der Waals surface area contributed by atoms with Crippen molar-refractivity contribution in [3.63, 3.8) is 0 Å². The molecular weight excluding hydrogens is 480 g/mol. The molecule has 1 saturated heterocycles. The van der Waals surface area contributed by atoms with E-state index in [0.29, 0.717) is 38.5 Å². The van der Waals surface area contributed by atoms with Crippen molar-refractivity contribution in [2.75, 3.05) is 23.7 Å². The van der Waals surface area contributed by atoms with Crippen LogP contribution in [0.15, 0.2) is 12.1 Å². The molecule has 4 aromatic rings. The van der Waals surface area contributed by atoms with Crippen LogP contribution < -0.4 is 10.6 Å². The summed E-state index contributed by atoms with van der Waals surface area (Å²) in [7, 11) is 0. The van der Waals surface area contributed by atoms with Crippen LogP contribution in [0.25, 0.3) is 32.1 Å². The molecule has 2 aliphatic rings. The molecule has 4 heterocycles. The third-order valence-corrected chi connectivity index (χ3v) is 7.90. The van der Waals surface area contributed by atoms with Gasteiger partial charge in [-0.05, 0) is 35.6 Å². The maximum atomic E-state index is 16.4. The number of ether oxygens (including phenoxy) is 1. The summed E-state index contributed by atoms with van der Waals surface area (Å²) in [6.07, 6.45) is 0.981. The van der Waals surface area contributed by atoms with E-state index in [4.69, 9.17) is 22.1 Å². The lowest BCUT2D eigenvalue weighted by Crippen LogP contribution is -2.22. The summed E-state index contributed by atoms with van der Waals surface area (Å²) >= 11 is 7.74. The SMILES string of the molecule is CC1CCN(c2nc(Cl)c3c4c(c(-c5c(F)ccc6sc(N)c(C#N)c56)c(F)c3n2)COC4)C1. The molecule has 2 aliphatic heterocycles. The first-order chi connectivity index (χ1) is 16.4. The van der Waals surface area contributed by atoms with Crippen molar-refractivity contribution in [2.24, 2.45) is 5.92 Å². The van der Waals surface area contributed by atoms with Gasteiger partial charge in [-0.2, -0.15) is 5.26 Å². The lowest BCUT2D eigenvalue weighted by Gasteiger charge is -2.19. The van der Waals surface area contributed by atoms with Gasteiger partial charge in [-0.3, -0.25) is 0 Å². The number of rotatable bonds is 2. The number of fused-ring (bicyclic) bond motifs is 4. The van der Waals surface area contributed by atoms with E-state index in [1.165, 1.54) is 17.4 Å². The number of aromatic nitrogens is 2. The largest absolute Gasteiger partial charge is 0.389 e. The standard InChI is InChI=1S/C24H18ClF2N5OS/c1-10-4-5-32(7-10)24-30-21-18(22(25)31-24)13-9-33-8-12(13)17(20(21)27)19-14(26)2-3-15-16(19)11(6-28)23(29)34-15/h2-3,10H,4-5,7-9,29H2,1H3. The Bertz CT molecular complexity index is 1560. The lowest BCUT2D eigenvalue weighted by atomic mass is 9.90. The van der Waals surface area contributed by atoms with Crippen LogP contribution in [0.1, 0.15) is 30.0 Å². The number of nitrogens with zero attached hydrogens (tertiary/aromatic N) is 4. The van der Waals surface area contributed by atoms with Gasteiger partial charge in [0.1, 0.15) is 27.6 Å². The summed E-state index contributed by atoms with van der Waals surface area (Å²) in [5.74, 6) is -0.547. The molecule has 2 aromatic heterocycles. The molecule has 0 amide bonds. The van der Waals surface area contributed by atoms with Crippen molar-refractivity contribution < 1.29 is 13.5 Å². The van der Waals surface area contributed by atoms with Crippen molar-refractivity contribution in [3.8, 4) is 17.2 Å². The summed E-state index contributed by atoms with van der Waals surface area (Å²) in [5, 5.41) is 10.8. The highest BCUT2D eigenvalue weighted by Crippen LogP contribution is 2.47. The maximum Gasteiger partial charge on any atom is 0.227 e. The number of anilines is 2. The molecule has 0 radical (unpaired) electrons. The van der Waals surface area contributed by atoms with Gasteiger partial charge in [0, 0.05) is 39.7 Å². The Morgan fingerprint density at radius 1 is 1.21 bits per heavy atom. The molecule has 0 saturated carbocycles. The Kier molecular flexibility index (Phi) is 4.88. The van der Waals surface area contributed by atoms with Crippen LogP contribution in [0.3, 0.4) is 0 Å². The van der Waals surface area contributed by atoms with Gasteiger partial charge in [0.2, 0.25) is 5.95 Å². The number of benzene rings is 2. The predicted molar refractivity (Wildman–Crippen MR) is 129 cm³/mol. The van der Waals surface area contributed by atoms with Gasteiger partial charge in [0.25, 0.3) is 0 Å². The number of thiophene rings is 1.